The maximum atomic E-state index is 11.2. The molecule has 0 saturated carbocycles. The van der Waals surface area contributed by atoms with Crippen LogP contribution in [0, 0.1) is 6.57 Å². The zero-order valence-corrected chi connectivity index (χ0v) is 10.3. The molecule has 4 heteroatoms. The van der Waals surface area contributed by atoms with Crippen molar-refractivity contribution in [1.29, 1.82) is 0 Å². The van der Waals surface area contributed by atoms with E-state index in [1.807, 2.05) is 18.2 Å². The van der Waals surface area contributed by atoms with Gasteiger partial charge in [0.2, 0.25) is 5.70 Å². The van der Waals surface area contributed by atoms with Crippen LogP contribution in [0.1, 0.15) is 25.1 Å². The molecule has 0 unspecified atom stereocenters. The van der Waals surface area contributed by atoms with Crippen LogP contribution in [-0.4, -0.2) is 16.0 Å². The largest absolute Gasteiger partial charge is 0.308 e. The van der Waals surface area contributed by atoms with Crippen molar-refractivity contribution in [3.63, 3.8) is 0 Å². The quantitative estimate of drug-likeness (QED) is 0.661. The van der Waals surface area contributed by atoms with Crippen molar-refractivity contribution in [2.45, 2.75) is 20.3 Å². The molecule has 1 heterocycles. The number of allylic oxidation sites excluding steroid dienone is 1. The molecule has 2 rings (SSSR count). The topological polar surface area (TPSA) is 50.1 Å². The van der Waals surface area contributed by atoms with E-state index in [-0.39, 0.29) is 11.5 Å². The third-order valence-corrected chi connectivity index (χ3v) is 2.80. The zero-order valence-electron chi connectivity index (χ0n) is 10.3. The summed E-state index contributed by atoms with van der Waals surface area (Å²) in [6.07, 6.45) is 2.48. The van der Waals surface area contributed by atoms with Gasteiger partial charge in [-0.05, 0) is 37.1 Å². The van der Waals surface area contributed by atoms with E-state index in [0.29, 0.717) is 0 Å². The zero-order chi connectivity index (χ0) is 13.1. The predicted molar refractivity (Wildman–Crippen MR) is 70.7 cm³/mol. The van der Waals surface area contributed by atoms with E-state index in [4.69, 9.17) is 6.57 Å². The molecular formula is C14H13N3O. The van der Waals surface area contributed by atoms with Gasteiger partial charge in [0.15, 0.2) is 5.78 Å². The minimum Gasteiger partial charge on any atom is -0.308 e. The average Bonchev–Trinajstić information content (AvgIpc) is 2.77. The Morgan fingerprint density at radius 2 is 2.33 bits per heavy atom. The fraction of sp³-hybridized carbons (Fsp3) is 0.214. The number of rotatable bonds is 3. The highest BCUT2D eigenvalue weighted by atomic mass is 16.1. The summed E-state index contributed by atoms with van der Waals surface area (Å²) in [5, 5.41) is 8.22. The summed E-state index contributed by atoms with van der Waals surface area (Å²) in [7, 11) is 0. The molecule has 0 aliphatic carbocycles. The standard InChI is InChI=1S/C14H13N3O/c1-4-12-11-7-10(5-6-13(11)17-16-12)8-14(15-3)9(2)18/h5-8H,4H2,1-2H3,(H,16,17). The van der Waals surface area contributed by atoms with Gasteiger partial charge in [-0.15, -0.1) is 0 Å². The number of hydrogen-bond acceptors (Lipinski definition) is 2. The number of H-pyrrole nitrogens is 1. The Morgan fingerprint density at radius 1 is 1.56 bits per heavy atom. The monoisotopic (exact) mass is 239 g/mol. The molecule has 0 aliphatic rings. The first-order valence-corrected chi connectivity index (χ1v) is 5.72. The van der Waals surface area contributed by atoms with Crippen molar-refractivity contribution in [3.05, 3.63) is 46.6 Å². The number of nitrogens with one attached hydrogen (secondary N) is 1. The van der Waals surface area contributed by atoms with Crippen LogP contribution in [0.3, 0.4) is 0 Å². The molecule has 0 aliphatic heterocycles. The van der Waals surface area contributed by atoms with Crippen molar-refractivity contribution in [2.75, 3.05) is 0 Å². The number of Topliss-reactive ketones (excluding diaryl/α,β-unsaturated/α-hetero) is 1. The van der Waals surface area contributed by atoms with Gasteiger partial charge in [-0.25, -0.2) is 4.85 Å². The number of carbonyl (C=O) groups excluding carboxylic acids is 1. The summed E-state index contributed by atoms with van der Waals surface area (Å²) in [6.45, 7) is 10.4. The highest BCUT2D eigenvalue weighted by Crippen LogP contribution is 2.20. The number of carbonyl (C=O) groups is 1. The number of aromatic nitrogens is 2. The first kappa shape index (κ1) is 12.1. The highest BCUT2D eigenvalue weighted by Gasteiger charge is 2.06. The molecule has 1 N–H and O–H groups in total. The van der Waals surface area contributed by atoms with Gasteiger partial charge in [0.1, 0.15) is 0 Å². The molecule has 18 heavy (non-hydrogen) atoms. The van der Waals surface area contributed by atoms with Crippen LogP contribution in [0.25, 0.3) is 21.8 Å². The maximum Gasteiger partial charge on any atom is 0.229 e. The molecule has 0 spiro atoms. The molecule has 4 nitrogen and oxygen atoms in total. The van der Waals surface area contributed by atoms with Crippen molar-refractivity contribution in [3.8, 4) is 0 Å². The molecule has 0 fully saturated rings. The fourth-order valence-corrected chi connectivity index (χ4v) is 1.81. The minimum absolute atomic E-state index is 0.149. The van der Waals surface area contributed by atoms with Crippen LogP contribution in [0.2, 0.25) is 0 Å². The van der Waals surface area contributed by atoms with Crippen LogP contribution in [0.4, 0.5) is 0 Å². The van der Waals surface area contributed by atoms with Crippen LogP contribution in [0.5, 0.6) is 0 Å². The Balaban J connectivity index is 2.53. The van der Waals surface area contributed by atoms with Crippen molar-refractivity contribution >= 4 is 22.8 Å². The van der Waals surface area contributed by atoms with E-state index < -0.39 is 0 Å². The lowest BCUT2D eigenvalue weighted by molar-refractivity contribution is -0.113. The van der Waals surface area contributed by atoms with Gasteiger partial charge in [0.25, 0.3) is 0 Å². The number of hydrogen-bond donors (Lipinski definition) is 1. The smallest absolute Gasteiger partial charge is 0.229 e. The highest BCUT2D eigenvalue weighted by molar-refractivity contribution is 6.00. The van der Waals surface area contributed by atoms with Gasteiger partial charge in [0.05, 0.1) is 12.1 Å². The third kappa shape index (κ3) is 2.16. The number of aromatic amines is 1. The number of nitrogens with zero attached hydrogens (tertiary/aromatic N) is 2. The lowest BCUT2D eigenvalue weighted by Gasteiger charge is -1.97. The van der Waals surface area contributed by atoms with Crippen LogP contribution in [0.15, 0.2) is 23.9 Å². The van der Waals surface area contributed by atoms with E-state index >= 15 is 0 Å². The predicted octanol–water partition coefficient (Wildman–Crippen LogP) is 2.97. The number of fused-ring (bicyclic) bond motifs is 1. The van der Waals surface area contributed by atoms with Gasteiger partial charge in [-0.3, -0.25) is 5.10 Å². The molecule has 0 saturated heterocycles. The Morgan fingerprint density at radius 3 is 2.94 bits per heavy atom. The summed E-state index contributed by atoms with van der Waals surface area (Å²) in [5.74, 6) is -0.215. The lowest BCUT2D eigenvalue weighted by Crippen LogP contribution is -1.90. The average molecular weight is 239 g/mol. The Bertz CT molecular complexity index is 674. The fourth-order valence-electron chi connectivity index (χ4n) is 1.81. The third-order valence-electron chi connectivity index (χ3n) is 2.80. The molecular weight excluding hydrogens is 226 g/mol. The second-order valence-corrected chi connectivity index (χ2v) is 4.03. The molecule has 0 atom stereocenters. The molecule has 0 amide bonds. The molecule has 1 aromatic carbocycles. The second-order valence-electron chi connectivity index (χ2n) is 4.03. The van der Waals surface area contributed by atoms with E-state index in [9.17, 15) is 4.79 Å². The van der Waals surface area contributed by atoms with E-state index in [1.54, 1.807) is 6.08 Å². The van der Waals surface area contributed by atoms with Gasteiger partial charge < -0.3 is 4.79 Å². The van der Waals surface area contributed by atoms with Crippen molar-refractivity contribution in [2.24, 2.45) is 0 Å². The normalized spacial score (nSPS) is 11.5. The lowest BCUT2D eigenvalue weighted by atomic mass is 10.1. The van der Waals surface area contributed by atoms with Crippen LogP contribution in [-0.2, 0) is 11.2 Å². The molecule has 90 valence electrons. The molecule has 2 aromatic rings. The molecule has 0 bridgehead atoms. The van der Waals surface area contributed by atoms with Crippen LogP contribution < -0.4 is 0 Å². The number of ketones is 1. The summed E-state index contributed by atoms with van der Waals surface area (Å²) in [5.41, 5.74) is 2.96. The Kier molecular flexibility index (Phi) is 3.24. The van der Waals surface area contributed by atoms with E-state index in [0.717, 1.165) is 28.6 Å². The number of aryl methyl sites for hydroxylation is 1. The first-order valence-electron chi connectivity index (χ1n) is 5.72. The summed E-state index contributed by atoms with van der Waals surface area (Å²) < 4.78 is 0. The van der Waals surface area contributed by atoms with E-state index in [1.165, 1.54) is 6.92 Å². The van der Waals surface area contributed by atoms with Gasteiger partial charge in [-0.1, -0.05) is 13.0 Å². The van der Waals surface area contributed by atoms with Gasteiger partial charge in [-0.2, -0.15) is 5.10 Å². The summed E-state index contributed by atoms with van der Waals surface area (Å²) in [6, 6.07) is 5.70. The van der Waals surface area contributed by atoms with E-state index in [2.05, 4.69) is 22.0 Å². The van der Waals surface area contributed by atoms with Gasteiger partial charge >= 0.3 is 0 Å². The maximum absolute atomic E-state index is 11.2. The SMILES string of the molecule is [C-]#[N+]C(=Cc1ccc2n[nH]c(CC)c2c1)C(C)=O. The van der Waals surface area contributed by atoms with Gasteiger partial charge in [0, 0.05) is 11.1 Å². The van der Waals surface area contributed by atoms with Crippen molar-refractivity contribution < 1.29 is 4.79 Å². The summed E-state index contributed by atoms with van der Waals surface area (Å²) in [4.78, 5) is 14.4. The molecule has 1 aromatic heterocycles. The minimum atomic E-state index is -0.215. The van der Waals surface area contributed by atoms with Crippen molar-refractivity contribution in [1.82, 2.24) is 10.2 Å². The Labute approximate surface area is 105 Å². The number of benzene rings is 1. The second kappa shape index (κ2) is 4.84. The first-order chi connectivity index (χ1) is 8.65. The summed E-state index contributed by atoms with van der Waals surface area (Å²) >= 11 is 0. The van der Waals surface area contributed by atoms with Crippen LogP contribution >= 0.6 is 0 Å². The molecule has 0 radical (unpaired) electrons. The Hall–Kier alpha value is -2.41.